The topological polar surface area (TPSA) is 173 Å². The van der Waals surface area contributed by atoms with Crippen LogP contribution in [0.5, 0.6) is 0 Å². The summed E-state index contributed by atoms with van der Waals surface area (Å²) >= 11 is 0. The van der Waals surface area contributed by atoms with Gasteiger partial charge in [0.25, 0.3) is 0 Å². The molecule has 0 heterocycles. The van der Waals surface area contributed by atoms with Gasteiger partial charge in [-0.1, -0.05) is 26.7 Å². The van der Waals surface area contributed by atoms with Gasteiger partial charge in [0.2, 0.25) is 0 Å². The van der Waals surface area contributed by atoms with Crippen molar-refractivity contribution in [3.8, 4) is 0 Å². The Balaban J connectivity index is -0.000000142. The predicted octanol–water partition coefficient (Wildman–Crippen LogP) is 1.69. The number of aliphatic hydroxyl groups excluding tert-OH is 3. The van der Waals surface area contributed by atoms with E-state index in [1.54, 1.807) is 6.92 Å². The summed E-state index contributed by atoms with van der Waals surface area (Å²) in [4.78, 5) is 28.8. The first-order valence-electron chi connectivity index (χ1n) is 8.10. The number of carboxylic acids is 3. The van der Waals surface area contributed by atoms with Crippen molar-refractivity contribution in [2.75, 3.05) is 19.8 Å². The van der Waals surface area contributed by atoms with Gasteiger partial charge in [0.15, 0.2) is 0 Å². The highest BCUT2D eigenvalue weighted by atomic mass is 16.4. The van der Waals surface area contributed by atoms with Crippen LogP contribution in [-0.4, -0.2) is 68.4 Å². The zero-order chi connectivity index (χ0) is 23.5. The van der Waals surface area contributed by atoms with Crippen molar-refractivity contribution in [3.63, 3.8) is 0 Å². The number of hydrogen-bond donors (Lipinski definition) is 6. The first-order chi connectivity index (χ1) is 12.6. The first-order valence-corrected chi connectivity index (χ1v) is 8.10. The Morgan fingerprint density at radius 3 is 1.04 bits per heavy atom. The average molecular weight is 406 g/mol. The van der Waals surface area contributed by atoms with E-state index in [2.05, 4.69) is 19.7 Å². The van der Waals surface area contributed by atoms with Crippen LogP contribution in [0.4, 0.5) is 0 Å². The standard InChI is InChI=1S/C7H16O3.3C4H6O2/c1-7(5-9,6-10)3-2-4-8;3*1-3(2)4(5)6/h8-10H,2-6H2,1H3;3*1H2,2H3,(H,5,6). The van der Waals surface area contributed by atoms with Crippen molar-refractivity contribution in [2.45, 2.75) is 40.5 Å². The predicted molar refractivity (Wildman–Crippen MR) is 106 cm³/mol. The largest absolute Gasteiger partial charge is 0.478 e. The molecule has 0 unspecified atom stereocenters. The van der Waals surface area contributed by atoms with E-state index < -0.39 is 23.3 Å². The lowest BCUT2D eigenvalue weighted by molar-refractivity contribution is -0.133. The number of hydrogen-bond acceptors (Lipinski definition) is 6. The Kier molecular flexibility index (Phi) is 22.8. The summed E-state index contributed by atoms with van der Waals surface area (Å²) in [6, 6.07) is 0. The van der Waals surface area contributed by atoms with Gasteiger partial charge in [0.05, 0.1) is 13.2 Å². The van der Waals surface area contributed by atoms with Crippen molar-refractivity contribution in [2.24, 2.45) is 5.41 Å². The molecule has 0 saturated heterocycles. The first kappa shape index (κ1) is 33.1. The van der Waals surface area contributed by atoms with Crippen molar-refractivity contribution < 1.29 is 45.0 Å². The monoisotopic (exact) mass is 406 g/mol. The highest BCUT2D eigenvalue weighted by molar-refractivity contribution is 5.85. The van der Waals surface area contributed by atoms with E-state index in [1.165, 1.54) is 20.8 Å². The van der Waals surface area contributed by atoms with Gasteiger partial charge in [-0.05, 0) is 33.6 Å². The van der Waals surface area contributed by atoms with Gasteiger partial charge >= 0.3 is 17.9 Å². The van der Waals surface area contributed by atoms with Crippen molar-refractivity contribution >= 4 is 17.9 Å². The lowest BCUT2D eigenvalue weighted by atomic mass is 9.88. The molecule has 0 fully saturated rings. The van der Waals surface area contributed by atoms with Gasteiger partial charge in [-0.2, -0.15) is 0 Å². The van der Waals surface area contributed by atoms with Crippen LogP contribution < -0.4 is 0 Å². The molecule has 0 saturated carbocycles. The molecule has 6 N–H and O–H groups in total. The fourth-order valence-corrected chi connectivity index (χ4v) is 0.714. The van der Waals surface area contributed by atoms with Crippen molar-refractivity contribution in [3.05, 3.63) is 36.5 Å². The molecule has 0 aromatic rings. The van der Waals surface area contributed by atoms with Crippen LogP contribution in [-0.2, 0) is 14.4 Å². The van der Waals surface area contributed by atoms with Crippen LogP contribution in [0, 0.1) is 5.41 Å². The van der Waals surface area contributed by atoms with Crippen LogP contribution in [0.1, 0.15) is 40.5 Å². The minimum atomic E-state index is -0.935. The Labute approximate surface area is 166 Å². The molecule has 0 aliphatic carbocycles. The molecule has 0 aliphatic heterocycles. The van der Waals surface area contributed by atoms with Gasteiger partial charge in [0.1, 0.15) is 0 Å². The second kappa shape index (κ2) is 19.3. The fraction of sp³-hybridized carbons (Fsp3) is 0.526. The smallest absolute Gasteiger partial charge is 0.330 e. The SMILES string of the molecule is C=C(C)C(=O)O.C=C(C)C(=O)O.C=C(C)C(=O)O.CC(CO)(CO)CCCO. The summed E-state index contributed by atoms with van der Waals surface area (Å²) in [5.74, 6) is -2.81. The lowest BCUT2D eigenvalue weighted by Crippen LogP contribution is -2.26. The van der Waals surface area contributed by atoms with E-state index in [9.17, 15) is 14.4 Å². The molecule has 164 valence electrons. The van der Waals surface area contributed by atoms with Crippen LogP contribution in [0.25, 0.3) is 0 Å². The fourth-order valence-electron chi connectivity index (χ4n) is 0.714. The molecular formula is C19H34O9. The maximum atomic E-state index is 9.60. The second-order valence-electron chi connectivity index (χ2n) is 6.21. The minimum absolute atomic E-state index is 0.0243. The number of rotatable bonds is 8. The zero-order valence-corrected chi connectivity index (χ0v) is 17.1. The van der Waals surface area contributed by atoms with Crippen LogP contribution in [0.3, 0.4) is 0 Å². The Bertz CT molecular complexity index is 424. The minimum Gasteiger partial charge on any atom is -0.478 e. The van der Waals surface area contributed by atoms with E-state index in [0.717, 1.165) is 0 Å². The molecule has 0 aliphatic rings. The summed E-state index contributed by atoms with van der Waals surface area (Å²) in [5, 5.41) is 49.7. The Morgan fingerprint density at radius 1 is 0.714 bits per heavy atom. The third-order valence-corrected chi connectivity index (χ3v) is 2.80. The molecule has 0 rings (SSSR count). The maximum Gasteiger partial charge on any atom is 0.330 e. The van der Waals surface area contributed by atoms with Crippen LogP contribution in [0.2, 0.25) is 0 Å². The normalized spacial score (nSPS) is 9.11. The Hall–Kier alpha value is -2.49. The van der Waals surface area contributed by atoms with Crippen molar-refractivity contribution in [1.82, 2.24) is 0 Å². The third-order valence-electron chi connectivity index (χ3n) is 2.80. The number of carbonyl (C=O) groups is 3. The van der Waals surface area contributed by atoms with Gasteiger partial charge in [-0.25, -0.2) is 14.4 Å². The molecule has 0 atom stereocenters. The maximum absolute atomic E-state index is 9.60. The number of aliphatic hydroxyl groups is 3. The highest BCUT2D eigenvalue weighted by Crippen LogP contribution is 2.20. The molecule has 0 bridgehead atoms. The average Bonchev–Trinajstić information content (AvgIpc) is 2.61. The second-order valence-corrected chi connectivity index (χ2v) is 6.21. The van der Waals surface area contributed by atoms with Crippen molar-refractivity contribution in [1.29, 1.82) is 0 Å². The molecule has 0 radical (unpaired) electrons. The summed E-state index contributed by atoms with van der Waals surface area (Å²) in [6.45, 7) is 15.7. The molecule has 0 spiro atoms. The van der Waals surface area contributed by atoms with E-state index in [1.807, 2.05) is 0 Å². The summed E-state index contributed by atoms with van der Waals surface area (Å²) < 4.78 is 0. The number of carboxylic acid groups (broad SMARTS) is 3. The molecular weight excluding hydrogens is 372 g/mol. The van der Waals surface area contributed by atoms with Gasteiger partial charge < -0.3 is 30.6 Å². The van der Waals surface area contributed by atoms with E-state index in [-0.39, 0.29) is 36.5 Å². The van der Waals surface area contributed by atoms with E-state index in [0.29, 0.717) is 12.8 Å². The van der Waals surface area contributed by atoms with Crippen LogP contribution in [0.15, 0.2) is 36.5 Å². The third kappa shape index (κ3) is 28.3. The quantitative estimate of drug-likeness (QED) is 0.328. The van der Waals surface area contributed by atoms with Crippen LogP contribution >= 0.6 is 0 Å². The number of aliphatic carboxylic acids is 3. The van der Waals surface area contributed by atoms with E-state index >= 15 is 0 Å². The molecule has 28 heavy (non-hydrogen) atoms. The summed E-state index contributed by atoms with van der Waals surface area (Å²) in [7, 11) is 0. The highest BCUT2D eigenvalue weighted by Gasteiger charge is 2.20. The summed E-state index contributed by atoms with van der Waals surface area (Å²) in [6.07, 6.45) is 1.30. The zero-order valence-electron chi connectivity index (χ0n) is 17.1. The molecule has 0 aromatic carbocycles. The lowest BCUT2D eigenvalue weighted by Gasteiger charge is -2.23. The molecule has 9 nitrogen and oxygen atoms in total. The van der Waals surface area contributed by atoms with Gasteiger partial charge in [0, 0.05) is 28.7 Å². The molecule has 9 heteroatoms. The van der Waals surface area contributed by atoms with Gasteiger partial charge in [-0.15, -0.1) is 0 Å². The molecule has 0 amide bonds. The Morgan fingerprint density at radius 2 is 0.929 bits per heavy atom. The molecule has 0 aromatic heterocycles. The summed E-state index contributed by atoms with van der Waals surface area (Å²) in [5.41, 5.74) is 0.114. The van der Waals surface area contributed by atoms with Gasteiger partial charge in [-0.3, -0.25) is 0 Å². The van der Waals surface area contributed by atoms with E-state index in [4.69, 9.17) is 30.6 Å².